The number of nitrogens with two attached hydrogens (primary N) is 1. The van der Waals surface area contributed by atoms with Crippen molar-refractivity contribution in [2.24, 2.45) is 11.7 Å². The summed E-state index contributed by atoms with van der Waals surface area (Å²) in [5.74, 6) is 1.53. The number of hydrogen-bond donors (Lipinski definition) is 1. The first-order valence-electron chi connectivity index (χ1n) is 12.4. The Morgan fingerprint density at radius 2 is 2.00 bits per heavy atom. The summed E-state index contributed by atoms with van der Waals surface area (Å²) in [5.41, 5.74) is 8.89. The highest BCUT2D eigenvalue weighted by atomic mass is 16.6. The van der Waals surface area contributed by atoms with Crippen LogP contribution in [0.4, 0.5) is 10.5 Å². The zero-order valence-electron chi connectivity index (χ0n) is 20.7. The lowest BCUT2D eigenvalue weighted by Gasteiger charge is -2.21. The lowest BCUT2D eigenvalue weighted by molar-refractivity contribution is -0.119. The van der Waals surface area contributed by atoms with Crippen molar-refractivity contribution in [3.8, 4) is 17.4 Å². The number of primary amides is 1. The fraction of sp³-hybridized carbons (Fsp3) is 0.407. The summed E-state index contributed by atoms with van der Waals surface area (Å²) in [4.78, 5) is 34.9. The molecule has 2 atom stereocenters. The van der Waals surface area contributed by atoms with Crippen LogP contribution in [0.3, 0.4) is 0 Å². The monoisotopic (exact) mass is 506 g/mol. The Morgan fingerprint density at radius 3 is 2.81 bits per heavy atom. The van der Waals surface area contributed by atoms with Gasteiger partial charge in [0.05, 0.1) is 30.4 Å². The molecule has 2 aliphatic heterocycles. The van der Waals surface area contributed by atoms with Crippen LogP contribution in [0.25, 0.3) is 11.0 Å². The first-order valence-corrected chi connectivity index (χ1v) is 12.4. The fourth-order valence-corrected chi connectivity index (χ4v) is 4.87. The van der Waals surface area contributed by atoms with Crippen LogP contribution >= 0.6 is 0 Å². The average Bonchev–Trinajstić information content (AvgIpc) is 3.29. The van der Waals surface area contributed by atoms with Gasteiger partial charge in [-0.25, -0.2) is 9.78 Å². The minimum atomic E-state index is -0.392. The summed E-state index contributed by atoms with van der Waals surface area (Å²) in [7, 11) is 1.58. The molecule has 37 heavy (non-hydrogen) atoms. The molecule has 2 aromatic heterocycles. The van der Waals surface area contributed by atoms with Gasteiger partial charge < -0.3 is 24.7 Å². The zero-order valence-corrected chi connectivity index (χ0v) is 20.7. The maximum atomic E-state index is 12.6. The van der Waals surface area contributed by atoms with Crippen LogP contribution in [0.2, 0.25) is 0 Å². The number of benzene rings is 1. The van der Waals surface area contributed by atoms with E-state index in [2.05, 4.69) is 9.97 Å². The van der Waals surface area contributed by atoms with E-state index >= 15 is 0 Å². The Bertz CT molecular complexity index is 1300. The SMILES string of the molecule is COc1ccc2nccc(CC[C@H](CC[C@@H]3CN(c4ccc5c(c4)OCCO5)C(=O)O3)CC(N)=O)c2n1. The number of carbonyl (C=O) groups excluding carboxylic acids is 2. The number of anilines is 1. The normalized spacial score (nSPS) is 17.5. The number of cyclic esters (lactones) is 1. The van der Waals surface area contributed by atoms with Gasteiger partial charge >= 0.3 is 6.09 Å². The minimum absolute atomic E-state index is 0.0494. The molecular weight excluding hydrogens is 476 g/mol. The third kappa shape index (κ3) is 5.68. The lowest BCUT2D eigenvalue weighted by Crippen LogP contribution is -2.25. The number of hydrogen-bond acceptors (Lipinski definition) is 8. The van der Waals surface area contributed by atoms with Crippen LogP contribution in [-0.4, -0.2) is 54.9 Å². The molecule has 3 aromatic rings. The number of aromatic nitrogens is 2. The molecule has 2 amide bonds. The molecule has 10 heteroatoms. The van der Waals surface area contributed by atoms with E-state index in [0.717, 1.165) is 23.0 Å². The molecule has 10 nitrogen and oxygen atoms in total. The fourth-order valence-electron chi connectivity index (χ4n) is 4.87. The summed E-state index contributed by atoms with van der Waals surface area (Å²) < 4.78 is 22.1. The number of fused-ring (bicyclic) bond motifs is 2. The zero-order chi connectivity index (χ0) is 25.8. The number of methoxy groups -OCH3 is 1. The number of ether oxygens (including phenoxy) is 4. The molecule has 4 heterocycles. The second-order valence-electron chi connectivity index (χ2n) is 9.29. The largest absolute Gasteiger partial charge is 0.486 e. The molecule has 0 spiro atoms. The van der Waals surface area contributed by atoms with Crippen LogP contribution in [0.15, 0.2) is 42.6 Å². The Hall–Kier alpha value is -4.08. The molecule has 5 rings (SSSR count). The lowest BCUT2D eigenvalue weighted by atomic mass is 9.90. The quantitative estimate of drug-likeness (QED) is 0.442. The minimum Gasteiger partial charge on any atom is -0.486 e. The van der Waals surface area contributed by atoms with Crippen molar-refractivity contribution < 1.29 is 28.5 Å². The molecular formula is C27H30N4O6. The molecule has 2 aliphatic rings. The second-order valence-corrected chi connectivity index (χ2v) is 9.29. The van der Waals surface area contributed by atoms with Gasteiger partial charge in [-0.2, -0.15) is 0 Å². The molecule has 0 saturated carbocycles. The topological polar surface area (TPSA) is 126 Å². The van der Waals surface area contributed by atoms with E-state index in [0.29, 0.717) is 62.1 Å². The summed E-state index contributed by atoms with van der Waals surface area (Å²) >= 11 is 0. The second kappa shape index (κ2) is 10.9. The molecule has 1 fully saturated rings. The highest BCUT2D eigenvalue weighted by Gasteiger charge is 2.33. The number of aryl methyl sites for hydroxylation is 1. The van der Waals surface area contributed by atoms with Gasteiger partial charge in [0.1, 0.15) is 19.3 Å². The predicted octanol–water partition coefficient (Wildman–Crippen LogP) is 3.64. The van der Waals surface area contributed by atoms with E-state index in [9.17, 15) is 9.59 Å². The van der Waals surface area contributed by atoms with Gasteiger partial charge in [0.15, 0.2) is 11.5 Å². The highest BCUT2D eigenvalue weighted by molar-refractivity contribution is 5.90. The first kappa shape index (κ1) is 24.6. The van der Waals surface area contributed by atoms with E-state index in [4.69, 9.17) is 24.7 Å². The Kier molecular flexibility index (Phi) is 7.25. The first-order chi connectivity index (χ1) is 18.0. The molecule has 1 aromatic carbocycles. The third-order valence-corrected chi connectivity index (χ3v) is 6.77. The maximum Gasteiger partial charge on any atom is 0.414 e. The average molecular weight is 507 g/mol. The van der Waals surface area contributed by atoms with Gasteiger partial charge in [-0.15, -0.1) is 0 Å². The molecule has 0 bridgehead atoms. The van der Waals surface area contributed by atoms with Crippen LogP contribution in [0, 0.1) is 5.92 Å². The Balaban J connectivity index is 1.21. The summed E-state index contributed by atoms with van der Waals surface area (Å²) in [6.07, 6.45) is 4.16. The van der Waals surface area contributed by atoms with Gasteiger partial charge in [0.2, 0.25) is 11.8 Å². The molecule has 0 radical (unpaired) electrons. The van der Waals surface area contributed by atoms with Gasteiger partial charge in [0, 0.05) is 24.8 Å². The number of pyridine rings is 2. The maximum absolute atomic E-state index is 12.6. The van der Waals surface area contributed by atoms with Crippen molar-refractivity contribution >= 4 is 28.7 Å². The molecule has 2 N–H and O–H groups in total. The standard InChI is InChI=1S/C27H30N4O6/c1-34-25-9-7-21-26(30-25)18(10-11-29-21)4-2-17(14-24(28)32)3-6-20-16-31(27(33)37-20)19-5-8-22-23(15-19)36-13-12-35-22/h5,7-11,15,17,20H,2-4,6,12-14,16H2,1H3,(H2,28,32)/t17-,20-/m1/s1. The molecule has 0 unspecified atom stereocenters. The van der Waals surface area contributed by atoms with E-state index in [1.807, 2.05) is 18.2 Å². The van der Waals surface area contributed by atoms with E-state index in [1.165, 1.54) is 0 Å². The van der Waals surface area contributed by atoms with E-state index in [1.54, 1.807) is 36.4 Å². The van der Waals surface area contributed by atoms with Gasteiger partial charge in [-0.3, -0.25) is 14.7 Å². The van der Waals surface area contributed by atoms with Crippen LogP contribution in [0.5, 0.6) is 17.4 Å². The third-order valence-electron chi connectivity index (χ3n) is 6.77. The van der Waals surface area contributed by atoms with Crippen LogP contribution in [0.1, 0.15) is 31.2 Å². The van der Waals surface area contributed by atoms with Crippen molar-refractivity contribution in [1.29, 1.82) is 0 Å². The van der Waals surface area contributed by atoms with E-state index in [-0.39, 0.29) is 24.3 Å². The van der Waals surface area contributed by atoms with Crippen LogP contribution in [-0.2, 0) is 16.0 Å². The van der Waals surface area contributed by atoms with Crippen molar-refractivity contribution in [3.05, 3.63) is 48.2 Å². The Labute approximate surface area is 214 Å². The smallest absolute Gasteiger partial charge is 0.414 e. The number of amides is 2. The van der Waals surface area contributed by atoms with Crippen molar-refractivity contribution in [3.63, 3.8) is 0 Å². The molecule has 0 aliphatic carbocycles. The van der Waals surface area contributed by atoms with Crippen molar-refractivity contribution in [1.82, 2.24) is 9.97 Å². The number of carbonyl (C=O) groups is 2. The molecule has 1 saturated heterocycles. The molecule has 194 valence electrons. The summed E-state index contributed by atoms with van der Waals surface area (Å²) in [5, 5.41) is 0. The van der Waals surface area contributed by atoms with E-state index < -0.39 is 6.09 Å². The number of nitrogens with zero attached hydrogens (tertiary/aromatic N) is 3. The van der Waals surface area contributed by atoms with Gasteiger partial charge in [-0.1, -0.05) is 0 Å². The van der Waals surface area contributed by atoms with Crippen molar-refractivity contribution in [2.45, 2.75) is 38.2 Å². The highest BCUT2D eigenvalue weighted by Crippen LogP contribution is 2.36. The van der Waals surface area contributed by atoms with Crippen LogP contribution < -0.4 is 24.8 Å². The Morgan fingerprint density at radius 1 is 1.16 bits per heavy atom. The van der Waals surface area contributed by atoms with Crippen molar-refractivity contribution in [2.75, 3.05) is 31.8 Å². The van der Waals surface area contributed by atoms with Gasteiger partial charge in [-0.05, 0) is 61.4 Å². The van der Waals surface area contributed by atoms with Gasteiger partial charge in [0.25, 0.3) is 0 Å². The summed E-state index contributed by atoms with van der Waals surface area (Å²) in [6.45, 7) is 1.42. The summed E-state index contributed by atoms with van der Waals surface area (Å²) in [6, 6.07) is 11.0. The predicted molar refractivity (Wildman–Crippen MR) is 136 cm³/mol. The number of rotatable bonds is 10.